The molecule has 0 radical (unpaired) electrons. The van der Waals surface area contributed by atoms with Crippen LogP contribution in [0.25, 0.3) is 0 Å². The van der Waals surface area contributed by atoms with Crippen molar-refractivity contribution in [1.82, 2.24) is 4.98 Å². The predicted octanol–water partition coefficient (Wildman–Crippen LogP) is 2.38. The van der Waals surface area contributed by atoms with Gasteiger partial charge < -0.3 is 16.0 Å². The second-order valence-corrected chi connectivity index (χ2v) is 4.43. The number of nitrogens with two attached hydrogens (primary N) is 1. The monoisotopic (exact) mass is 273 g/mol. The molecule has 7 nitrogen and oxygen atoms in total. The number of nitrogens with zero attached hydrogens (tertiary/aromatic N) is 3. The third-order valence-corrected chi connectivity index (χ3v) is 2.73. The quantitative estimate of drug-likeness (QED) is 0.655. The number of nitrogen functional groups attached to an aromatic ring is 1. The third-order valence-electron chi connectivity index (χ3n) is 2.73. The van der Waals surface area contributed by atoms with Crippen LogP contribution in [0.3, 0.4) is 0 Å². The summed E-state index contributed by atoms with van der Waals surface area (Å²) in [6.07, 6.45) is 0. The number of rotatable bonds is 4. The molecule has 0 spiro atoms. The molecule has 0 amide bonds. The molecule has 104 valence electrons. The molecular weight excluding hydrogens is 258 g/mol. The smallest absolute Gasteiger partial charge is 0.311 e. The van der Waals surface area contributed by atoms with Gasteiger partial charge in [0.1, 0.15) is 5.82 Å². The summed E-state index contributed by atoms with van der Waals surface area (Å²) in [6, 6.07) is 10.6. The van der Waals surface area contributed by atoms with E-state index >= 15 is 0 Å². The van der Waals surface area contributed by atoms with Crippen molar-refractivity contribution in [3.63, 3.8) is 0 Å². The highest BCUT2D eigenvalue weighted by Crippen LogP contribution is 2.24. The summed E-state index contributed by atoms with van der Waals surface area (Å²) < 4.78 is 0. The standard InChI is InChI=1S/C13H15N5O2/c1-17(2)10-5-3-4-9(8-10)15-12-7-6-11(18(19)20)13(14)16-12/h3-8H,1-2H3,(H3,14,15,16). The van der Waals surface area contributed by atoms with Gasteiger partial charge in [-0.1, -0.05) is 6.07 Å². The van der Waals surface area contributed by atoms with Crippen LogP contribution in [0.15, 0.2) is 36.4 Å². The van der Waals surface area contributed by atoms with Crippen LogP contribution in [0.2, 0.25) is 0 Å². The van der Waals surface area contributed by atoms with E-state index < -0.39 is 4.92 Å². The maximum absolute atomic E-state index is 10.7. The van der Waals surface area contributed by atoms with Gasteiger partial charge in [-0.05, 0) is 24.3 Å². The minimum atomic E-state index is -0.557. The van der Waals surface area contributed by atoms with Crippen LogP contribution in [0, 0.1) is 10.1 Å². The third kappa shape index (κ3) is 2.94. The Bertz CT molecular complexity index is 642. The van der Waals surface area contributed by atoms with Gasteiger partial charge in [-0.2, -0.15) is 0 Å². The van der Waals surface area contributed by atoms with E-state index in [2.05, 4.69) is 10.3 Å². The largest absolute Gasteiger partial charge is 0.378 e. The maximum Gasteiger partial charge on any atom is 0.311 e. The number of aromatic nitrogens is 1. The molecule has 2 rings (SSSR count). The second kappa shape index (κ2) is 5.43. The molecule has 0 aliphatic rings. The molecule has 0 saturated heterocycles. The van der Waals surface area contributed by atoms with Crippen LogP contribution in [-0.4, -0.2) is 24.0 Å². The number of anilines is 4. The first-order valence-corrected chi connectivity index (χ1v) is 5.92. The molecule has 20 heavy (non-hydrogen) atoms. The van der Waals surface area contributed by atoms with Gasteiger partial charge in [-0.15, -0.1) is 0 Å². The van der Waals surface area contributed by atoms with Crippen molar-refractivity contribution in [2.75, 3.05) is 30.0 Å². The van der Waals surface area contributed by atoms with Crippen molar-refractivity contribution in [3.05, 3.63) is 46.5 Å². The average Bonchev–Trinajstić information content (AvgIpc) is 2.38. The predicted molar refractivity (Wildman–Crippen MR) is 79.4 cm³/mol. The number of hydrogen-bond acceptors (Lipinski definition) is 6. The van der Waals surface area contributed by atoms with Gasteiger partial charge in [-0.3, -0.25) is 10.1 Å². The molecule has 3 N–H and O–H groups in total. The molecule has 0 fully saturated rings. The summed E-state index contributed by atoms with van der Waals surface area (Å²) in [5.74, 6) is 0.354. The lowest BCUT2D eigenvalue weighted by atomic mass is 10.2. The van der Waals surface area contributed by atoms with Gasteiger partial charge >= 0.3 is 5.69 Å². The minimum absolute atomic E-state index is 0.108. The summed E-state index contributed by atoms with van der Waals surface area (Å²) in [4.78, 5) is 16.1. The highest BCUT2D eigenvalue weighted by Gasteiger charge is 2.12. The van der Waals surface area contributed by atoms with Crippen LogP contribution < -0.4 is 16.0 Å². The van der Waals surface area contributed by atoms with Crippen LogP contribution in [0.1, 0.15) is 0 Å². The molecule has 0 aliphatic heterocycles. The maximum atomic E-state index is 10.7. The lowest BCUT2D eigenvalue weighted by molar-refractivity contribution is -0.384. The fourth-order valence-corrected chi connectivity index (χ4v) is 1.70. The SMILES string of the molecule is CN(C)c1cccc(Nc2ccc([N+](=O)[O-])c(N)n2)c1. The van der Waals surface area contributed by atoms with E-state index in [1.165, 1.54) is 12.1 Å². The van der Waals surface area contributed by atoms with Gasteiger partial charge in [0.05, 0.1) is 4.92 Å². The first-order chi connectivity index (χ1) is 9.47. The first kappa shape index (κ1) is 13.6. The molecule has 7 heteroatoms. The van der Waals surface area contributed by atoms with E-state index in [4.69, 9.17) is 5.73 Å². The number of hydrogen-bond donors (Lipinski definition) is 2. The second-order valence-electron chi connectivity index (χ2n) is 4.43. The minimum Gasteiger partial charge on any atom is -0.378 e. The van der Waals surface area contributed by atoms with E-state index in [1.54, 1.807) is 0 Å². The number of nitrogens with one attached hydrogen (secondary N) is 1. The number of benzene rings is 1. The average molecular weight is 273 g/mol. The Morgan fingerprint density at radius 3 is 2.65 bits per heavy atom. The Kier molecular flexibility index (Phi) is 3.69. The lowest BCUT2D eigenvalue weighted by Crippen LogP contribution is -2.08. The van der Waals surface area contributed by atoms with Crippen LogP contribution >= 0.6 is 0 Å². The van der Waals surface area contributed by atoms with Crippen molar-refractivity contribution in [2.45, 2.75) is 0 Å². The fraction of sp³-hybridized carbons (Fsp3) is 0.154. The number of nitro groups is 1. The Hall–Kier alpha value is -2.83. The van der Waals surface area contributed by atoms with Gasteiger partial charge in [0, 0.05) is 31.5 Å². The summed E-state index contributed by atoms with van der Waals surface area (Å²) in [6.45, 7) is 0. The lowest BCUT2D eigenvalue weighted by Gasteiger charge is -2.14. The van der Waals surface area contributed by atoms with Crippen LogP contribution in [-0.2, 0) is 0 Å². The van der Waals surface area contributed by atoms with E-state index in [-0.39, 0.29) is 11.5 Å². The highest BCUT2D eigenvalue weighted by atomic mass is 16.6. The summed E-state index contributed by atoms with van der Waals surface area (Å²) in [7, 11) is 3.89. The van der Waals surface area contributed by atoms with Gasteiger partial charge in [0.2, 0.25) is 5.82 Å². The van der Waals surface area contributed by atoms with Gasteiger partial charge in [-0.25, -0.2) is 4.98 Å². The number of pyridine rings is 1. The molecule has 1 aromatic carbocycles. The van der Waals surface area contributed by atoms with E-state index in [9.17, 15) is 10.1 Å². The summed E-state index contributed by atoms with van der Waals surface area (Å²) >= 11 is 0. The Balaban J connectivity index is 2.24. The van der Waals surface area contributed by atoms with E-state index in [0.717, 1.165) is 11.4 Å². The summed E-state index contributed by atoms with van der Waals surface area (Å²) in [5.41, 5.74) is 7.22. The van der Waals surface area contributed by atoms with Gasteiger partial charge in [0.15, 0.2) is 0 Å². The van der Waals surface area contributed by atoms with Crippen molar-refractivity contribution < 1.29 is 4.92 Å². The Morgan fingerprint density at radius 2 is 2.05 bits per heavy atom. The van der Waals surface area contributed by atoms with Crippen molar-refractivity contribution in [3.8, 4) is 0 Å². The molecule has 0 bridgehead atoms. The zero-order valence-corrected chi connectivity index (χ0v) is 11.2. The first-order valence-electron chi connectivity index (χ1n) is 5.92. The van der Waals surface area contributed by atoms with Crippen molar-refractivity contribution >= 4 is 28.7 Å². The molecule has 0 unspecified atom stereocenters. The van der Waals surface area contributed by atoms with Gasteiger partial charge in [0.25, 0.3) is 0 Å². The highest BCUT2D eigenvalue weighted by molar-refractivity contribution is 5.65. The fourth-order valence-electron chi connectivity index (χ4n) is 1.70. The zero-order chi connectivity index (χ0) is 14.7. The molecular formula is C13H15N5O2. The van der Waals surface area contributed by atoms with Crippen molar-refractivity contribution in [1.29, 1.82) is 0 Å². The molecule has 0 aliphatic carbocycles. The molecule has 0 saturated carbocycles. The van der Waals surface area contributed by atoms with Crippen LogP contribution in [0.5, 0.6) is 0 Å². The topological polar surface area (TPSA) is 97.3 Å². The summed E-state index contributed by atoms with van der Waals surface area (Å²) in [5, 5.41) is 13.7. The molecule has 1 heterocycles. The van der Waals surface area contributed by atoms with E-state index in [0.29, 0.717) is 5.82 Å². The normalized spacial score (nSPS) is 10.1. The Labute approximate surface area is 116 Å². The molecule has 0 atom stereocenters. The van der Waals surface area contributed by atoms with E-state index in [1.807, 2.05) is 43.3 Å². The van der Waals surface area contributed by atoms with Crippen molar-refractivity contribution in [2.24, 2.45) is 0 Å². The molecule has 2 aromatic rings. The Morgan fingerprint density at radius 1 is 1.30 bits per heavy atom. The zero-order valence-electron chi connectivity index (χ0n) is 11.2. The van der Waals surface area contributed by atoms with Crippen LogP contribution in [0.4, 0.5) is 28.7 Å². The molecule has 1 aromatic heterocycles.